The van der Waals surface area contributed by atoms with Crippen LogP contribution in [0.25, 0.3) is 0 Å². The minimum atomic E-state index is 0.225. The van der Waals surface area contributed by atoms with E-state index < -0.39 is 0 Å². The quantitative estimate of drug-likeness (QED) is 0.284. The lowest BCUT2D eigenvalue weighted by atomic mass is 9.47. The molecule has 5 atom stereocenters. The topological polar surface area (TPSA) is 118 Å². The number of nitriles is 1. The molecule has 214 valence electrons. The zero-order valence-corrected chi connectivity index (χ0v) is 23.8. The number of nitrogens with zero attached hydrogens (tertiary/aromatic N) is 3. The SMILES string of the molecule is Cc1ccccc1CNc1ncc(C#N)c(NCC23CC4C[C@H](C2)C(NC2CCC(NCCO)CC2)[C@@H](C4)C3)n1. The Labute approximate surface area is 238 Å². The van der Waals surface area contributed by atoms with Crippen molar-refractivity contribution < 1.29 is 5.11 Å². The lowest BCUT2D eigenvalue weighted by molar-refractivity contribution is -0.0730. The maximum atomic E-state index is 9.75. The molecule has 40 heavy (non-hydrogen) atoms. The molecule has 1 heterocycles. The van der Waals surface area contributed by atoms with Crippen molar-refractivity contribution in [3.05, 3.63) is 47.2 Å². The van der Waals surface area contributed by atoms with Gasteiger partial charge in [0, 0.05) is 37.8 Å². The summed E-state index contributed by atoms with van der Waals surface area (Å²) in [6.07, 6.45) is 13.1. The maximum absolute atomic E-state index is 9.75. The summed E-state index contributed by atoms with van der Waals surface area (Å²) in [7, 11) is 0. The molecule has 5 N–H and O–H groups in total. The number of benzene rings is 1. The highest BCUT2D eigenvalue weighted by molar-refractivity contribution is 5.53. The molecular weight excluding hydrogens is 498 g/mol. The lowest BCUT2D eigenvalue weighted by Gasteiger charge is -2.61. The van der Waals surface area contributed by atoms with E-state index >= 15 is 0 Å². The van der Waals surface area contributed by atoms with E-state index in [0.717, 1.165) is 24.3 Å². The Morgan fingerprint density at radius 1 is 1.02 bits per heavy atom. The normalized spacial score (nSPS) is 32.5. The fraction of sp³-hybridized carbons (Fsp3) is 0.656. The fourth-order valence-electron chi connectivity index (χ4n) is 8.62. The van der Waals surface area contributed by atoms with Crippen LogP contribution in [0.15, 0.2) is 30.5 Å². The van der Waals surface area contributed by atoms with E-state index in [1.54, 1.807) is 6.20 Å². The van der Waals surface area contributed by atoms with Gasteiger partial charge >= 0.3 is 0 Å². The maximum Gasteiger partial charge on any atom is 0.224 e. The van der Waals surface area contributed by atoms with Gasteiger partial charge in [0.1, 0.15) is 17.5 Å². The van der Waals surface area contributed by atoms with Crippen molar-refractivity contribution in [2.45, 2.75) is 89.4 Å². The summed E-state index contributed by atoms with van der Waals surface area (Å²) in [4.78, 5) is 9.14. The molecule has 5 aliphatic rings. The van der Waals surface area contributed by atoms with Crippen LogP contribution < -0.4 is 21.3 Å². The Balaban J connectivity index is 1.06. The molecular formula is C32H45N7O. The molecule has 5 fully saturated rings. The molecule has 8 heteroatoms. The summed E-state index contributed by atoms with van der Waals surface area (Å²) < 4.78 is 0. The number of hydrogen-bond acceptors (Lipinski definition) is 8. The molecule has 1 aromatic heterocycles. The molecule has 0 spiro atoms. The number of nitrogens with one attached hydrogen (secondary N) is 4. The molecule has 5 saturated carbocycles. The predicted molar refractivity (Wildman–Crippen MR) is 158 cm³/mol. The largest absolute Gasteiger partial charge is 0.395 e. The molecule has 0 amide bonds. The zero-order valence-electron chi connectivity index (χ0n) is 23.8. The molecule has 5 aliphatic carbocycles. The van der Waals surface area contributed by atoms with Crippen molar-refractivity contribution in [3.63, 3.8) is 0 Å². The minimum absolute atomic E-state index is 0.225. The van der Waals surface area contributed by atoms with Gasteiger partial charge in [0.2, 0.25) is 5.95 Å². The van der Waals surface area contributed by atoms with Crippen LogP contribution in [0, 0.1) is 41.4 Å². The number of rotatable bonds is 11. The fourth-order valence-corrected chi connectivity index (χ4v) is 8.62. The van der Waals surface area contributed by atoms with Crippen LogP contribution in [-0.2, 0) is 6.54 Å². The van der Waals surface area contributed by atoms with Crippen LogP contribution in [-0.4, -0.2) is 52.9 Å². The molecule has 0 aliphatic heterocycles. The predicted octanol–water partition coefficient (Wildman–Crippen LogP) is 4.36. The average Bonchev–Trinajstić information content (AvgIpc) is 2.97. The molecule has 1 aromatic carbocycles. The number of aliphatic hydroxyl groups is 1. The van der Waals surface area contributed by atoms with Gasteiger partial charge in [0.15, 0.2) is 0 Å². The van der Waals surface area contributed by atoms with Gasteiger partial charge < -0.3 is 26.4 Å². The van der Waals surface area contributed by atoms with Crippen molar-refractivity contribution >= 4 is 11.8 Å². The summed E-state index contributed by atoms with van der Waals surface area (Å²) >= 11 is 0. The van der Waals surface area contributed by atoms with E-state index in [-0.39, 0.29) is 6.61 Å². The second kappa shape index (κ2) is 12.0. The lowest BCUT2D eigenvalue weighted by Crippen LogP contribution is -2.61. The van der Waals surface area contributed by atoms with Gasteiger partial charge in [0.25, 0.3) is 0 Å². The van der Waals surface area contributed by atoms with Gasteiger partial charge in [-0.25, -0.2) is 4.98 Å². The summed E-state index contributed by atoms with van der Waals surface area (Å²) in [6, 6.07) is 12.5. The minimum Gasteiger partial charge on any atom is -0.395 e. The first-order chi connectivity index (χ1) is 19.5. The second-order valence-corrected chi connectivity index (χ2v) is 13.1. The van der Waals surface area contributed by atoms with E-state index in [2.05, 4.69) is 51.4 Å². The van der Waals surface area contributed by atoms with Crippen molar-refractivity contribution in [1.29, 1.82) is 5.26 Å². The van der Waals surface area contributed by atoms with Gasteiger partial charge in [-0.15, -0.1) is 0 Å². The van der Waals surface area contributed by atoms with E-state index in [0.29, 0.717) is 54.0 Å². The van der Waals surface area contributed by atoms with E-state index in [4.69, 9.17) is 10.1 Å². The first-order valence-corrected chi connectivity index (χ1v) is 15.4. The highest BCUT2D eigenvalue weighted by atomic mass is 16.3. The molecule has 3 unspecified atom stereocenters. The van der Waals surface area contributed by atoms with Gasteiger partial charge in [-0.3, -0.25) is 0 Å². The Morgan fingerprint density at radius 2 is 1.77 bits per heavy atom. The van der Waals surface area contributed by atoms with Crippen molar-refractivity contribution in [1.82, 2.24) is 20.6 Å². The molecule has 8 nitrogen and oxygen atoms in total. The zero-order chi connectivity index (χ0) is 27.5. The Morgan fingerprint density at radius 3 is 2.50 bits per heavy atom. The number of aryl methyl sites for hydroxylation is 1. The average molecular weight is 544 g/mol. The molecule has 7 rings (SSSR count). The third kappa shape index (κ3) is 5.97. The van der Waals surface area contributed by atoms with E-state index in [1.165, 1.54) is 68.9 Å². The van der Waals surface area contributed by atoms with Crippen molar-refractivity contribution in [2.75, 3.05) is 30.3 Å². The standard InChI is InChI=1S/C32H45N7O/c1-21-4-2-3-5-23(21)18-35-31-36-19-26(17-33)30(39-31)37-20-32-14-22-12-24(15-32)29(25(13-22)16-32)38-28-8-6-27(7-9-28)34-10-11-40/h2-5,19,22,24-25,27-29,34,38,40H,6-16,18,20H2,1H3,(H2,35,36,37,39)/t22?,24-,25+,27?,28?,29?,32?. The summed E-state index contributed by atoms with van der Waals surface area (Å²) in [5.41, 5.74) is 3.26. The summed E-state index contributed by atoms with van der Waals surface area (Å²) in [6.45, 7) is 4.58. The van der Waals surface area contributed by atoms with E-state index in [9.17, 15) is 5.26 Å². The molecule has 0 radical (unpaired) electrons. The summed E-state index contributed by atoms with van der Waals surface area (Å²) in [5, 5.41) is 33.5. The number of anilines is 2. The molecule has 0 saturated heterocycles. The van der Waals surface area contributed by atoms with Crippen LogP contribution in [0.4, 0.5) is 11.8 Å². The monoisotopic (exact) mass is 543 g/mol. The van der Waals surface area contributed by atoms with Crippen molar-refractivity contribution in [3.8, 4) is 6.07 Å². The van der Waals surface area contributed by atoms with Crippen LogP contribution in [0.2, 0.25) is 0 Å². The summed E-state index contributed by atoms with van der Waals surface area (Å²) in [5.74, 6) is 3.56. The Bertz CT molecular complexity index is 1190. The molecule has 4 bridgehead atoms. The van der Waals surface area contributed by atoms with Crippen molar-refractivity contribution in [2.24, 2.45) is 23.2 Å². The first kappa shape index (κ1) is 27.4. The third-order valence-corrected chi connectivity index (χ3v) is 10.3. The third-order valence-electron chi connectivity index (χ3n) is 10.3. The number of aromatic nitrogens is 2. The van der Waals surface area contributed by atoms with Gasteiger partial charge in [-0.05, 0) is 99.0 Å². The highest BCUT2D eigenvalue weighted by Crippen LogP contribution is 2.60. The number of aliphatic hydroxyl groups excluding tert-OH is 1. The van der Waals surface area contributed by atoms with Crippen LogP contribution >= 0.6 is 0 Å². The van der Waals surface area contributed by atoms with Crippen LogP contribution in [0.5, 0.6) is 0 Å². The first-order valence-electron chi connectivity index (χ1n) is 15.4. The van der Waals surface area contributed by atoms with Gasteiger partial charge in [-0.1, -0.05) is 24.3 Å². The number of hydrogen-bond donors (Lipinski definition) is 5. The Kier molecular flexibility index (Phi) is 8.25. The van der Waals surface area contributed by atoms with Crippen LogP contribution in [0.3, 0.4) is 0 Å². The molecule has 2 aromatic rings. The second-order valence-electron chi connectivity index (χ2n) is 13.1. The Hall–Kier alpha value is -2.73. The van der Waals surface area contributed by atoms with Crippen LogP contribution in [0.1, 0.15) is 74.5 Å². The van der Waals surface area contributed by atoms with E-state index in [1.807, 2.05) is 12.1 Å². The van der Waals surface area contributed by atoms with Gasteiger partial charge in [0.05, 0.1) is 12.8 Å². The van der Waals surface area contributed by atoms with Gasteiger partial charge in [-0.2, -0.15) is 10.2 Å². The highest BCUT2D eigenvalue weighted by Gasteiger charge is 2.55. The smallest absolute Gasteiger partial charge is 0.224 e.